The number of nitrogens with zero attached hydrogens (tertiary/aromatic N) is 3. The van der Waals surface area contributed by atoms with Crippen LogP contribution in [0.2, 0.25) is 0 Å². The van der Waals surface area contributed by atoms with Gasteiger partial charge in [0, 0.05) is 25.7 Å². The average Bonchev–Trinajstić information content (AvgIpc) is 2.56. The number of hydrogen-bond donors (Lipinski definition) is 0. The number of methoxy groups -OCH3 is 1. The Morgan fingerprint density at radius 3 is 2.25 bits per heavy atom. The van der Waals surface area contributed by atoms with Crippen LogP contribution >= 0.6 is 0 Å². The van der Waals surface area contributed by atoms with E-state index in [9.17, 15) is 14.4 Å². The molecule has 0 unspecified atom stereocenters. The molecule has 0 aliphatic heterocycles. The minimum Gasteiger partial charge on any atom is -0.497 e. The molecule has 1 heterocycles. The number of aromatic nitrogens is 2. The van der Waals surface area contributed by atoms with Crippen molar-refractivity contribution in [1.29, 1.82) is 0 Å². The number of rotatable bonds is 5. The van der Waals surface area contributed by atoms with Crippen molar-refractivity contribution in [3.8, 4) is 17.0 Å². The molecule has 2 aromatic rings. The van der Waals surface area contributed by atoms with Gasteiger partial charge in [-0.1, -0.05) is 0 Å². The highest BCUT2D eigenvalue weighted by molar-refractivity contribution is 6.02. The van der Waals surface area contributed by atoms with Gasteiger partial charge in [0.1, 0.15) is 5.75 Å². The van der Waals surface area contributed by atoms with Crippen LogP contribution in [-0.4, -0.2) is 47.6 Å². The van der Waals surface area contributed by atoms with Crippen LogP contribution in [-0.2, 0) is 9.59 Å². The van der Waals surface area contributed by atoms with Crippen molar-refractivity contribution in [3.63, 3.8) is 0 Å². The molecule has 0 aliphatic carbocycles. The van der Waals surface area contributed by atoms with Gasteiger partial charge in [-0.05, 0) is 37.3 Å². The molecule has 0 aliphatic rings. The third kappa shape index (κ3) is 3.51. The summed E-state index contributed by atoms with van der Waals surface area (Å²) in [5, 5.41) is 4.22. The van der Waals surface area contributed by atoms with Gasteiger partial charge in [-0.15, -0.1) is 0 Å². The first-order valence-electron chi connectivity index (χ1n) is 7.31. The average molecular weight is 329 g/mol. The topological polar surface area (TPSA) is 81.5 Å². The van der Waals surface area contributed by atoms with Gasteiger partial charge >= 0.3 is 0 Å². The van der Waals surface area contributed by atoms with Gasteiger partial charge in [0.15, 0.2) is 11.8 Å². The maximum Gasteiger partial charge on any atom is 0.267 e. The van der Waals surface area contributed by atoms with E-state index in [0.29, 0.717) is 11.4 Å². The minimum absolute atomic E-state index is 0.449. The molecular weight excluding hydrogens is 310 g/mol. The predicted molar refractivity (Wildman–Crippen MR) is 88.9 cm³/mol. The van der Waals surface area contributed by atoms with Crippen LogP contribution in [0.3, 0.4) is 0 Å². The van der Waals surface area contributed by atoms with Crippen molar-refractivity contribution in [1.82, 2.24) is 14.7 Å². The second kappa shape index (κ2) is 7.08. The number of likely N-dealkylation sites (N-methyl/N-ethyl adjacent to an activating group) is 1. The fourth-order valence-corrected chi connectivity index (χ4v) is 2.22. The molecule has 0 spiro atoms. The summed E-state index contributed by atoms with van der Waals surface area (Å²) in [6, 6.07) is 8.67. The molecule has 1 atom stereocenters. The first-order chi connectivity index (χ1) is 11.3. The Bertz CT molecular complexity index is 809. The molecule has 7 heteroatoms. The summed E-state index contributed by atoms with van der Waals surface area (Å²) in [5.41, 5.74) is 0.710. The van der Waals surface area contributed by atoms with Crippen molar-refractivity contribution in [3.05, 3.63) is 46.8 Å². The third-order valence-corrected chi connectivity index (χ3v) is 3.52. The standard InChI is InChI=1S/C17H19N3O4/c1-11(21)16(17(23)19(2)3)20-15(22)10-9-14(18-20)12-5-7-13(24-4)8-6-12/h5-10,16H,1-4H3/t16-/m1/s1. The van der Waals surface area contributed by atoms with Crippen LogP contribution in [0, 0.1) is 0 Å². The summed E-state index contributed by atoms with van der Waals surface area (Å²) >= 11 is 0. The normalized spacial score (nSPS) is 11.7. The van der Waals surface area contributed by atoms with E-state index in [1.54, 1.807) is 37.4 Å². The second-order valence-corrected chi connectivity index (χ2v) is 5.48. The first kappa shape index (κ1) is 17.4. The van der Waals surface area contributed by atoms with E-state index >= 15 is 0 Å². The molecule has 1 aromatic heterocycles. The lowest BCUT2D eigenvalue weighted by Crippen LogP contribution is -2.41. The van der Waals surface area contributed by atoms with Crippen molar-refractivity contribution >= 4 is 11.7 Å². The fraction of sp³-hybridized carbons (Fsp3) is 0.294. The lowest BCUT2D eigenvalue weighted by Gasteiger charge is -2.19. The quantitative estimate of drug-likeness (QED) is 0.768. The summed E-state index contributed by atoms with van der Waals surface area (Å²) in [4.78, 5) is 37.6. The molecule has 0 radical (unpaired) electrons. The molecule has 24 heavy (non-hydrogen) atoms. The van der Waals surface area contributed by atoms with E-state index in [-0.39, 0.29) is 0 Å². The van der Waals surface area contributed by atoms with Gasteiger partial charge in [0.05, 0.1) is 12.8 Å². The lowest BCUT2D eigenvalue weighted by atomic mass is 10.1. The van der Waals surface area contributed by atoms with Gasteiger partial charge < -0.3 is 9.64 Å². The summed E-state index contributed by atoms with van der Waals surface area (Å²) < 4.78 is 6.04. The van der Waals surface area contributed by atoms with Gasteiger partial charge in [-0.2, -0.15) is 5.10 Å². The fourth-order valence-electron chi connectivity index (χ4n) is 2.22. The smallest absolute Gasteiger partial charge is 0.267 e. The largest absolute Gasteiger partial charge is 0.497 e. The number of Topliss-reactive ketones (excluding diaryl/α,β-unsaturated/α-hetero) is 1. The number of benzene rings is 1. The summed E-state index contributed by atoms with van der Waals surface area (Å²) in [5.74, 6) is -0.254. The summed E-state index contributed by atoms with van der Waals surface area (Å²) in [6.07, 6.45) is 0. The van der Waals surface area contributed by atoms with Crippen LogP contribution in [0.15, 0.2) is 41.2 Å². The van der Waals surface area contributed by atoms with Gasteiger partial charge in [0.2, 0.25) is 0 Å². The Balaban J connectivity index is 2.52. The monoisotopic (exact) mass is 329 g/mol. The zero-order valence-electron chi connectivity index (χ0n) is 14.0. The van der Waals surface area contributed by atoms with Crippen LogP contribution in [0.1, 0.15) is 13.0 Å². The highest BCUT2D eigenvalue weighted by Crippen LogP contribution is 2.20. The number of carbonyl (C=O) groups excluding carboxylic acids is 2. The van der Waals surface area contributed by atoms with E-state index in [1.807, 2.05) is 0 Å². The Morgan fingerprint density at radius 1 is 1.12 bits per heavy atom. The van der Waals surface area contributed by atoms with Crippen molar-refractivity contribution in [2.45, 2.75) is 13.0 Å². The van der Waals surface area contributed by atoms with E-state index < -0.39 is 23.3 Å². The highest BCUT2D eigenvalue weighted by Gasteiger charge is 2.29. The first-order valence-corrected chi connectivity index (χ1v) is 7.31. The Morgan fingerprint density at radius 2 is 1.75 bits per heavy atom. The molecular formula is C17H19N3O4. The number of ketones is 1. The molecule has 1 amide bonds. The van der Waals surface area contributed by atoms with E-state index in [0.717, 1.165) is 10.2 Å². The van der Waals surface area contributed by atoms with Gasteiger partial charge in [0.25, 0.3) is 11.5 Å². The van der Waals surface area contributed by atoms with Gasteiger partial charge in [-0.25, -0.2) is 4.68 Å². The molecule has 1 aromatic carbocycles. The number of amides is 1. The molecule has 0 fully saturated rings. The van der Waals surface area contributed by atoms with Crippen molar-refractivity contribution < 1.29 is 14.3 Å². The lowest BCUT2D eigenvalue weighted by molar-refractivity contribution is -0.138. The van der Waals surface area contributed by atoms with Gasteiger partial charge in [-0.3, -0.25) is 14.4 Å². The Labute approximate surface area is 139 Å². The SMILES string of the molecule is COc1ccc(-c2ccc(=O)n([C@H](C(C)=O)C(=O)N(C)C)n2)cc1. The van der Waals surface area contributed by atoms with Crippen LogP contribution in [0.25, 0.3) is 11.3 Å². The van der Waals surface area contributed by atoms with Crippen LogP contribution < -0.4 is 10.3 Å². The number of carbonyl (C=O) groups is 2. The highest BCUT2D eigenvalue weighted by atomic mass is 16.5. The molecule has 0 N–H and O–H groups in total. The predicted octanol–water partition coefficient (Wildman–Crippen LogP) is 1.14. The van der Waals surface area contributed by atoms with Crippen LogP contribution in [0.5, 0.6) is 5.75 Å². The molecule has 0 saturated heterocycles. The van der Waals surface area contributed by atoms with E-state index in [1.165, 1.54) is 32.0 Å². The maximum atomic E-state index is 12.3. The molecule has 2 rings (SSSR count). The summed E-state index contributed by atoms with van der Waals surface area (Å²) in [7, 11) is 4.62. The van der Waals surface area contributed by atoms with E-state index in [2.05, 4.69) is 5.10 Å². The number of ether oxygens (including phenoxy) is 1. The van der Waals surface area contributed by atoms with Crippen LogP contribution in [0.4, 0.5) is 0 Å². The Kier molecular flexibility index (Phi) is 5.13. The zero-order valence-corrected chi connectivity index (χ0v) is 14.0. The van der Waals surface area contributed by atoms with Crippen molar-refractivity contribution in [2.24, 2.45) is 0 Å². The van der Waals surface area contributed by atoms with E-state index in [4.69, 9.17) is 4.74 Å². The third-order valence-electron chi connectivity index (χ3n) is 3.52. The van der Waals surface area contributed by atoms with Crippen molar-refractivity contribution in [2.75, 3.05) is 21.2 Å². The number of hydrogen-bond acceptors (Lipinski definition) is 5. The molecule has 126 valence electrons. The molecule has 7 nitrogen and oxygen atoms in total. The summed E-state index contributed by atoms with van der Waals surface area (Å²) in [6.45, 7) is 1.26. The molecule has 0 bridgehead atoms. The molecule has 0 saturated carbocycles. The zero-order chi connectivity index (χ0) is 17.9. The second-order valence-electron chi connectivity index (χ2n) is 5.48. The Hall–Kier alpha value is -2.96. The maximum absolute atomic E-state index is 12.3. The minimum atomic E-state index is -1.27.